The maximum Gasteiger partial charge on any atom is 0.271 e. The molecular weight excluding hydrogens is 506 g/mol. The van der Waals surface area contributed by atoms with Crippen molar-refractivity contribution < 1.29 is 4.21 Å². The van der Waals surface area contributed by atoms with Crippen molar-refractivity contribution in [2.75, 3.05) is 18.4 Å². The van der Waals surface area contributed by atoms with Crippen LogP contribution in [-0.4, -0.2) is 48.0 Å². The number of aromatic nitrogens is 3. The molecule has 5 rings (SSSR count). The number of fused-ring (bicyclic) bond motifs is 1. The molecular formula is C28H36ClN5O2S. The van der Waals surface area contributed by atoms with Gasteiger partial charge in [0.15, 0.2) is 0 Å². The van der Waals surface area contributed by atoms with E-state index >= 15 is 0 Å². The van der Waals surface area contributed by atoms with Crippen molar-refractivity contribution in [3.8, 4) is 0 Å². The van der Waals surface area contributed by atoms with Crippen molar-refractivity contribution in [3.05, 3.63) is 51.4 Å². The Balaban J connectivity index is 1.29. The number of halogens is 1. The first kappa shape index (κ1) is 26.3. The van der Waals surface area contributed by atoms with Crippen molar-refractivity contribution in [1.82, 2.24) is 19.4 Å². The van der Waals surface area contributed by atoms with Gasteiger partial charge in [-0.05, 0) is 95.5 Å². The number of hydrogen-bond acceptors (Lipinski definition) is 6. The molecule has 1 saturated heterocycles. The van der Waals surface area contributed by atoms with E-state index in [4.69, 9.17) is 11.6 Å². The topological polar surface area (TPSA) is 80.1 Å². The molecule has 1 atom stereocenters. The lowest BCUT2D eigenvalue weighted by Gasteiger charge is -2.55. The number of hydrogen-bond donors (Lipinski definition) is 1. The number of likely N-dealkylation sites (tertiary alicyclic amines) is 1. The zero-order valence-electron chi connectivity index (χ0n) is 22.3. The summed E-state index contributed by atoms with van der Waals surface area (Å²) >= 11 is 6.13. The van der Waals surface area contributed by atoms with Gasteiger partial charge in [-0.1, -0.05) is 11.6 Å². The van der Waals surface area contributed by atoms with E-state index in [0.717, 1.165) is 29.0 Å². The smallest absolute Gasteiger partial charge is 0.271 e. The summed E-state index contributed by atoms with van der Waals surface area (Å²) in [4.78, 5) is 25.1. The molecule has 1 N–H and O–H groups in total. The van der Waals surface area contributed by atoms with Crippen molar-refractivity contribution in [1.29, 1.82) is 0 Å². The maximum atomic E-state index is 13.4. The van der Waals surface area contributed by atoms with Gasteiger partial charge in [-0.15, -0.1) is 0 Å². The molecule has 2 fully saturated rings. The third-order valence-corrected chi connectivity index (χ3v) is 10.1. The summed E-state index contributed by atoms with van der Waals surface area (Å²) in [5.41, 5.74) is 2.56. The Kier molecular flexibility index (Phi) is 7.20. The maximum absolute atomic E-state index is 13.4. The zero-order valence-corrected chi connectivity index (χ0v) is 23.8. The first-order valence-corrected chi connectivity index (χ1v) is 14.8. The van der Waals surface area contributed by atoms with E-state index in [1.807, 2.05) is 39.0 Å². The Bertz CT molecular complexity index is 1400. The second kappa shape index (κ2) is 10.1. The van der Waals surface area contributed by atoms with E-state index in [1.165, 1.54) is 25.9 Å². The molecule has 198 valence electrons. The molecule has 9 heteroatoms. The number of benzene rings is 1. The van der Waals surface area contributed by atoms with E-state index in [2.05, 4.69) is 34.0 Å². The Morgan fingerprint density at radius 3 is 2.43 bits per heavy atom. The molecule has 7 nitrogen and oxygen atoms in total. The highest BCUT2D eigenvalue weighted by Gasteiger charge is 2.46. The average Bonchev–Trinajstić information content (AvgIpc) is 2.84. The molecule has 3 heterocycles. The van der Waals surface area contributed by atoms with Gasteiger partial charge in [0.1, 0.15) is 10.7 Å². The van der Waals surface area contributed by atoms with Crippen LogP contribution in [0.2, 0.25) is 5.02 Å². The van der Waals surface area contributed by atoms with Crippen LogP contribution in [0.5, 0.6) is 0 Å². The minimum atomic E-state index is -1.02. The highest BCUT2D eigenvalue weighted by atomic mass is 35.5. The second-order valence-electron chi connectivity index (χ2n) is 11.3. The summed E-state index contributed by atoms with van der Waals surface area (Å²) < 4.78 is 15.0. The van der Waals surface area contributed by atoms with Crippen molar-refractivity contribution in [2.24, 2.45) is 5.41 Å². The largest absolute Gasteiger partial charge is 0.324 e. The van der Waals surface area contributed by atoms with Gasteiger partial charge in [-0.25, -0.2) is 4.98 Å². The van der Waals surface area contributed by atoms with Crippen LogP contribution < -0.4 is 10.9 Å². The van der Waals surface area contributed by atoms with E-state index in [1.54, 1.807) is 16.8 Å². The van der Waals surface area contributed by atoms with E-state index < -0.39 is 10.8 Å². The SMILES string of the molecule is Cc1cc(S(=O)C2CCC3(CC2)CN(C(C)C)C3)ccc1Nc1ncc2cc(Cl)c(=O)n(C(C)C)c2n1. The summed E-state index contributed by atoms with van der Waals surface area (Å²) in [6, 6.07) is 8.04. The lowest BCUT2D eigenvalue weighted by Crippen LogP contribution is -2.60. The average molecular weight is 542 g/mol. The van der Waals surface area contributed by atoms with E-state index in [0.29, 0.717) is 28.4 Å². The molecule has 0 amide bonds. The fourth-order valence-corrected chi connectivity index (χ4v) is 7.51. The van der Waals surface area contributed by atoms with Gasteiger partial charge < -0.3 is 5.32 Å². The molecule has 1 aromatic carbocycles. The van der Waals surface area contributed by atoms with Crippen molar-refractivity contribution in [2.45, 2.75) is 82.5 Å². The van der Waals surface area contributed by atoms with Crippen LogP contribution in [-0.2, 0) is 10.8 Å². The molecule has 1 unspecified atom stereocenters. The number of nitrogens with one attached hydrogen (secondary N) is 1. The number of aryl methyl sites for hydroxylation is 1. The Morgan fingerprint density at radius 2 is 1.81 bits per heavy atom. The highest BCUT2D eigenvalue weighted by Crippen LogP contribution is 2.46. The number of anilines is 2. The van der Waals surface area contributed by atoms with Crippen molar-refractivity contribution >= 4 is 45.1 Å². The minimum absolute atomic E-state index is 0.0967. The van der Waals surface area contributed by atoms with Crippen LogP contribution in [0, 0.1) is 12.3 Å². The molecule has 2 aliphatic rings. The predicted octanol–water partition coefficient (Wildman–Crippen LogP) is 5.84. The van der Waals surface area contributed by atoms with Gasteiger partial charge in [0.2, 0.25) is 5.95 Å². The third kappa shape index (κ3) is 5.08. The van der Waals surface area contributed by atoms with Crippen LogP contribution in [0.3, 0.4) is 0 Å². The minimum Gasteiger partial charge on any atom is -0.324 e. The molecule has 3 aromatic rings. The van der Waals surface area contributed by atoms with Crippen molar-refractivity contribution in [3.63, 3.8) is 0 Å². The lowest BCUT2D eigenvalue weighted by atomic mass is 9.68. The summed E-state index contributed by atoms with van der Waals surface area (Å²) in [7, 11) is -1.02. The Hall–Kier alpha value is -2.29. The predicted molar refractivity (Wildman–Crippen MR) is 151 cm³/mol. The Morgan fingerprint density at radius 1 is 1.11 bits per heavy atom. The second-order valence-corrected chi connectivity index (χ2v) is 13.5. The standard InChI is InChI=1S/C28H36ClN5O2S/c1-17(2)33-15-28(16-33)10-8-21(9-11-28)37(36)22-6-7-24(19(5)12-22)31-27-30-14-20-13-23(29)26(35)34(18(3)4)25(20)32-27/h6-7,12-14,17-18,21H,8-11,15-16H2,1-5H3,(H,30,31,32). The van der Waals surface area contributed by atoms with E-state index in [9.17, 15) is 9.00 Å². The molecule has 1 aliphatic heterocycles. The fourth-order valence-electron chi connectivity index (χ4n) is 5.75. The fraction of sp³-hybridized carbons (Fsp3) is 0.536. The zero-order chi connectivity index (χ0) is 26.5. The number of rotatable bonds is 6. The Labute approximate surface area is 226 Å². The third-order valence-electron chi connectivity index (χ3n) is 8.03. The molecule has 1 saturated carbocycles. The summed E-state index contributed by atoms with van der Waals surface area (Å²) in [5, 5.41) is 4.36. The summed E-state index contributed by atoms with van der Waals surface area (Å²) in [6.45, 7) is 12.8. The molecule has 2 aromatic heterocycles. The van der Waals surface area contributed by atoms with Crippen LogP contribution >= 0.6 is 11.6 Å². The van der Waals surface area contributed by atoms with Crippen LogP contribution in [0.4, 0.5) is 11.6 Å². The first-order chi connectivity index (χ1) is 17.6. The number of pyridine rings is 1. The monoisotopic (exact) mass is 541 g/mol. The normalized spacial score (nSPS) is 19.0. The number of nitrogens with zero attached hydrogens (tertiary/aromatic N) is 4. The van der Waals surface area contributed by atoms with Gasteiger partial charge in [-0.3, -0.25) is 18.5 Å². The molecule has 1 aliphatic carbocycles. The van der Waals surface area contributed by atoms with Gasteiger partial charge in [0.05, 0.1) is 10.8 Å². The quantitative estimate of drug-likeness (QED) is 0.422. The van der Waals surface area contributed by atoms with Gasteiger partial charge in [-0.2, -0.15) is 4.98 Å². The van der Waals surface area contributed by atoms with E-state index in [-0.39, 0.29) is 21.9 Å². The summed E-state index contributed by atoms with van der Waals surface area (Å²) in [6.07, 6.45) is 6.09. The summed E-state index contributed by atoms with van der Waals surface area (Å²) in [5.74, 6) is 0.397. The molecule has 0 radical (unpaired) electrons. The van der Waals surface area contributed by atoms with Gasteiger partial charge in [0.25, 0.3) is 5.56 Å². The first-order valence-electron chi connectivity index (χ1n) is 13.2. The molecule has 1 spiro atoms. The molecule has 37 heavy (non-hydrogen) atoms. The highest BCUT2D eigenvalue weighted by molar-refractivity contribution is 7.85. The van der Waals surface area contributed by atoms with Gasteiger partial charge >= 0.3 is 0 Å². The lowest BCUT2D eigenvalue weighted by molar-refractivity contribution is -0.0457. The van der Waals surface area contributed by atoms with Crippen LogP contribution in [0.25, 0.3) is 11.0 Å². The van der Waals surface area contributed by atoms with Crippen LogP contribution in [0.15, 0.2) is 40.2 Å². The molecule has 0 bridgehead atoms. The van der Waals surface area contributed by atoms with Crippen LogP contribution in [0.1, 0.15) is 65.0 Å². The van der Waals surface area contributed by atoms with Gasteiger partial charge in [0, 0.05) is 52.6 Å².